The van der Waals surface area contributed by atoms with Crippen LogP contribution in [-0.4, -0.2) is 41.1 Å². The first-order valence-electron chi connectivity index (χ1n) is 11.8. The van der Waals surface area contributed by atoms with Crippen molar-refractivity contribution in [3.63, 3.8) is 0 Å². The number of ether oxygens (including phenoxy) is 1. The molecule has 180 valence electrons. The number of halogens is 1. The zero-order valence-electron chi connectivity index (χ0n) is 19.9. The molecule has 1 atom stereocenters. The van der Waals surface area contributed by atoms with Gasteiger partial charge in [0.05, 0.1) is 29.4 Å². The van der Waals surface area contributed by atoms with E-state index in [-0.39, 0.29) is 11.9 Å². The van der Waals surface area contributed by atoms with Gasteiger partial charge in [0.1, 0.15) is 11.3 Å². The summed E-state index contributed by atoms with van der Waals surface area (Å²) in [6, 6.07) is 17.4. The molecule has 36 heavy (non-hydrogen) atoms. The quantitative estimate of drug-likeness (QED) is 0.352. The number of aromatic nitrogens is 3. The van der Waals surface area contributed by atoms with Crippen LogP contribution in [0.4, 0.5) is 5.69 Å². The second-order valence-electron chi connectivity index (χ2n) is 9.04. The van der Waals surface area contributed by atoms with Crippen LogP contribution in [0.25, 0.3) is 27.6 Å². The minimum absolute atomic E-state index is 0.126. The molecule has 0 aliphatic carbocycles. The Morgan fingerprint density at radius 3 is 2.86 bits per heavy atom. The monoisotopic (exact) mass is 497 g/mol. The average Bonchev–Trinajstić information content (AvgIpc) is 3.30. The normalized spacial score (nSPS) is 14.9. The highest BCUT2D eigenvalue weighted by Crippen LogP contribution is 2.35. The summed E-state index contributed by atoms with van der Waals surface area (Å²) in [6.07, 6.45) is 6.07. The number of benzene rings is 2. The molecule has 5 aromatic rings. The van der Waals surface area contributed by atoms with Crippen LogP contribution in [0.2, 0.25) is 5.02 Å². The third-order valence-electron chi connectivity index (χ3n) is 6.57. The number of amides is 1. The molecule has 0 saturated heterocycles. The smallest absolute Gasteiger partial charge is 0.255 e. The van der Waals surface area contributed by atoms with E-state index >= 15 is 0 Å². The molecule has 0 bridgehead atoms. The Hall–Kier alpha value is -4.10. The first-order chi connectivity index (χ1) is 17.5. The second-order valence-corrected chi connectivity index (χ2v) is 9.47. The van der Waals surface area contributed by atoms with Crippen molar-refractivity contribution in [1.82, 2.24) is 19.9 Å². The van der Waals surface area contributed by atoms with Crippen molar-refractivity contribution >= 4 is 45.0 Å². The first kappa shape index (κ1) is 22.4. The predicted octanol–water partition coefficient (Wildman–Crippen LogP) is 5.55. The maximum Gasteiger partial charge on any atom is 0.255 e. The summed E-state index contributed by atoms with van der Waals surface area (Å²) in [7, 11) is 3.87. The number of carbonyl (C=O) groups excluding carboxylic acids is 1. The Kier molecular flexibility index (Phi) is 5.49. The number of pyridine rings is 2. The average molecular weight is 498 g/mol. The Morgan fingerprint density at radius 1 is 1.14 bits per heavy atom. The topological polar surface area (TPSA) is 72.3 Å². The van der Waals surface area contributed by atoms with E-state index in [4.69, 9.17) is 21.3 Å². The van der Waals surface area contributed by atoms with Gasteiger partial charge in [-0.15, -0.1) is 0 Å². The molecular weight excluding hydrogens is 474 g/mol. The molecular formula is C28H24ClN5O2. The van der Waals surface area contributed by atoms with Gasteiger partial charge in [-0.2, -0.15) is 0 Å². The van der Waals surface area contributed by atoms with E-state index in [1.54, 1.807) is 12.4 Å². The lowest BCUT2D eigenvalue weighted by Crippen LogP contribution is -2.33. The molecule has 1 amide bonds. The van der Waals surface area contributed by atoms with Crippen LogP contribution in [0.5, 0.6) is 5.75 Å². The molecule has 3 aromatic heterocycles. The first-order valence-corrected chi connectivity index (χ1v) is 12.1. The highest BCUT2D eigenvalue weighted by Gasteiger charge is 2.26. The molecule has 1 aliphatic rings. The number of nitrogens with zero attached hydrogens (tertiary/aromatic N) is 4. The van der Waals surface area contributed by atoms with E-state index in [9.17, 15) is 4.79 Å². The number of nitrogens with one attached hydrogen (secondary N) is 1. The predicted molar refractivity (Wildman–Crippen MR) is 142 cm³/mol. The van der Waals surface area contributed by atoms with Crippen molar-refractivity contribution in [2.75, 3.05) is 25.6 Å². The fourth-order valence-corrected chi connectivity index (χ4v) is 5.13. The Bertz CT molecular complexity index is 1630. The summed E-state index contributed by atoms with van der Waals surface area (Å²) in [5.74, 6) is 1.34. The molecule has 0 saturated carbocycles. The molecule has 0 fully saturated rings. The van der Waals surface area contributed by atoms with Crippen LogP contribution >= 0.6 is 11.6 Å². The molecule has 8 heteroatoms. The number of fused-ring (bicyclic) bond motifs is 3. The molecule has 0 spiro atoms. The summed E-state index contributed by atoms with van der Waals surface area (Å²) in [4.78, 5) is 24.9. The molecule has 6 rings (SSSR count). The Morgan fingerprint density at radius 2 is 2.00 bits per heavy atom. The molecule has 7 nitrogen and oxygen atoms in total. The fourth-order valence-electron chi connectivity index (χ4n) is 4.95. The SMILES string of the molecule is CN(C)c1c(C(=O)NC2CCOc3ccccc32)cnc2c(-n3ccc4cc(Cl)ccc43)nccc12. The second kappa shape index (κ2) is 8.84. The summed E-state index contributed by atoms with van der Waals surface area (Å²) < 4.78 is 7.76. The van der Waals surface area contributed by atoms with Gasteiger partial charge in [0, 0.05) is 60.5 Å². The van der Waals surface area contributed by atoms with Crippen molar-refractivity contribution in [2.45, 2.75) is 12.5 Å². The number of anilines is 1. The lowest BCUT2D eigenvalue weighted by molar-refractivity contribution is 0.0925. The van der Waals surface area contributed by atoms with E-state index in [0.717, 1.165) is 33.3 Å². The summed E-state index contributed by atoms with van der Waals surface area (Å²) in [5.41, 5.74) is 3.98. The van der Waals surface area contributed by atoms with Crippen molar-refractivity contribution in [3.05, 3.63) is 89.3 Å². The van der Waals surface area contributed by atoms with E-state index in [1.807, 2.05) is 84.4 Å². The van der Waals surface area contributed by atoms with Gasteiger partial charge in [0.25, 0.3) is 5.91 Å². The molecule has 1 aliphatic heterocycles. The molecule has 1 unspecified atom stereocenters. The van der Waals surface area contributed by atoms with E-state index in [1.165, 1.54) is 0 Å². The minimum atomic E-state index is -0.172. The fraction of sp³-hybridized carbons (Fsp3) is 0.179. The Labute approximate surface area is 213 Å². The third kappa shape index (κ3) is 3.72. The highest BCUT2D eigenvalue weighted by atomic mass is 35.5. The number of hydrogen-bond acceptors (Lipinski definition) is 5. The van der Waals surface area contributed by atoms with E-state index in [2.05, 4.69) is 10.3 Å². The number of rotatable bonds is 4. The van der Waals surface area contributed by atoms with Gasteiger partial charge in [-0.1, -0.05) is 29.8 Å². The van der Waals surface area contributed by atoms with Gasteiger partial charge in [-0.05, 0) is 36.4 Å². The van der Waals surface area contributed by atoms with E-state index < -0.39 is 0 Å². The van der Waals surface area contributed by atoms with Crippen molar-refractivity contribution < 1.29 is 9.53 Å². The number of para-hydroxylation sites is 1. The maximum absolute atomic E-state index is 13.6. The standard InChI is InChI=1S/C28H24ClN5O2/c1-33(2)26-20-9-12-30-27(34-13-10-17-15-18(29)7-8-23(17)34)25(20)31-16-21(26)28(35)32-22-11-14-36-24-6-4-3-5-19(22)24/h3-10,12-13,15-16,22H,11,14H2,1-2H3,(H,32,35). The molecule has 2 aromatic carbocycles. The summed E-state index contributed by atoms with van der Waals surface area (Å²) in [5, 5.41) is 5.75. The van der Waals surface area contributed by atoms with Gasteiger partial charge in [0.2, 0.25) is 0 Å². The zero-order chi connectivity index (χ0) is 24.8. The van der Waals surface area contributed by atoms with Crippen molar-refractivity contribution in [2.24, 2.45) is 0 Å². The lowest BCUT2D eigenvalue weighted by Gasteiger charge is -2.27. The summed E-state index contributed by atoms with van der Waals surface area (Å²) in [6.45, 7) is 0.559. The largest absolute Gasteiger partial charge is 0.493 e. The maximum atomic E-state index is 13.6. The molecule has 0 radical (unpaired) electrons. The Balaban J connectivity index is 1.44. The zero-order valence-corrected chi connectivity index (χ0v) is 20.7. The molecule has 4 heterocycles. The van der Waals surface area contributed by atoms with Crippen LogP contribution in [-0.2, 0) is 0 Å². The minimum Gasteiger partial charge on any atom is -0.493 e. The van der Waals surface area contributed by atoms with Gasteiger partial charge in [-0.3, -0.25) is 14.3 Å². The van der Waals surface area contributed by atoms with Gasteiger partial charge in [-0.25, -0.2) is 4.98 Å². The number of carbonyl (C=O) groups is 1. The van der Waals surface area contributed by atoms with Crippen molar-refractivity contribution in [3.8, 4) is 11.6 Å². The van der Waals surface area contributed by atoms with Gasteiger partial charge in [0.15, 0.2) is 5.82 Å². The summed E-state index contributed by atoms with van der Waals surface area (Å²) >= 11 is 6.18. The van der Waals surface area contributed by atoms with Crippen LogP contribution in [0.3, 0.4) is 0 Å². The van der Waals surface area contributed by atoms with Crippen LogP contribution in [0, 0.1) is 0 Å². The van der Waals surface area contributed by atoms with E-state index in [0.29, 0.717) is 34.9 Å². The van der Waals surface area contributed by atoms with Crippen LogP contribution in [0.1, 0.15) is 28.4 Å². The molecule has 1 N–H and O–H groups in total. The number of hydrogen-bond donors (Lipinski definition) is 1. The van der Waals surface area contributed by atoms with Crippen LogP contribution in [0.15, 0.2) is 73.2 Å². The van der Waals surface area contributed by atoms with Gasteiger partial charge >= 0.3 is 0 Å². The van der Waals surface area contributed by atoms with Crippen LogP contribution < -0.4 is 15.0 Å². The third-order valence-corrected chi connectivity index (χ3v) is 6.81. The lowest BCUT2D eigenvalue weighted by atomic mass is 10.00. The van der Waals surface area contributed by atoms with Crippen molar-refractivity contribution in [1.29, 1.82) is 0 Å². The highest BCUT2D eigenvalue weighted by molar-refractivity contribution is 6.31. The van der Waals surface area contributed by atoms with Gasteiger partial charge < -0.3 is 15.0 Å².